The Balaban J connectivity index is 2.47. The van der Waals surface area contributed by atoms with Crippen LogP contribution in [0.3, 0.4) is 0 Å². The molecule has 0 heterocycles. The average molecular weight is 256 g/mol. The van der Waals surface area contributed by atoms with Gasteiger partial charge < -0.3 is 9.53 Å². The van der Waals surface area contributed by atoms with Gasteiger partial charge in [-0.05, 0) is 36.5 Å². The first-order valence-corrected chi connectivity index (χ1v) is 9.14. The number of carbonyl (C=O) groups is 1. The lowest BCUT2D eigenvalue weighted by molar-refractivity contribution is -0.117. The maximum atomic E-state index is 11.2. The summed E-state index contributed by atoms with van der Waals surface area (Å²) in [6.45, 7) is 11.6. The van der Waals surface area contributed by atoms with Crippen LogP contribution >= 0.6 is 0 Å². The maximum absolute atomic E-state index is 11.2. The van der Waals surface area contributed by atoms with Gasteiger partial charge in [0.2, 0.25) is 0 Å². The van der Waals surface area contributed by atoms with E-state index in [9.17, 15) is 9.90 Å². The lowest BCUT2D eigenvalue weighted by atomic mass is 10.2. The van der Waals surface area contributed by atoms with Gasteiger partial charge in [0.15, 0.2) is 19.9 Å². The van der Waals surface area contributed by atoms with Crippen LogP contribution < -0.4 is 0 Å². The van der Waals surface area contributed by atoms with Gasteiger partial charge in [0.05, 0.1) is 0 Å². The van der Waals surface area contributed by atoms with Crippen LogP contribution in [0.2, 0.25) is 18.1 Å². The highest BCUT2D eigenvalue weighted by Crippen LogP contribution is 2.37. The third kappa shape index (κ3) is 3.42. The SMILES string of the molecule is CC(C)(C)[Si](C)(C)OCCC1=C(O)C(=O)CC1. The fourth-order valence-electron chi connectivity index (χ4n) is 1.59. The molecule has 1 aliphatic carbocycles. The van der Waals surface area contributed by atoms with Crippen LogP contribution in [0.1, 0.15) is 40.0 Å². The third-order valence-electron chi connectivity index (χ3n) is 3.93. The lowest BCUT2D eigenvalue weighted by Crippen LogP contribution is -2.41. The summed E-state index contributed by atoms with van der Waals surface area (Å²) >= 11 is 0. The van der Waals surface area contributed by atoms with E-state index in [4.69, 9.17) is 4.43 Å². The molecule has 0 aromatic carbocycles. The topological polar surface area (TPSA) is 46.5 Å². The van der Waals surface area contributed by atoms with E-state index in [0.717, 1.165) is 5.57 Å². The van der Waals surface area contributed by atoms with Crippen LogP contribution in [0.4, 0.5) is 0 Å². The first kappa shape index (κ1) is 14.4. The van der Waals surface area contributed by atoms with Gasteiger partial charge in [-0.2, -0.15) is 0 Å². The summed E-state index contributed by atoms with van der Waals surface area (Å²) in [7, 11) is -1.71. The Hall–Kier alpha value is -0.613. The van der Waals surface area contributed by atoms with E-state index in [1.807, 2.05) is 0 Å². The zero-order valence-electron chi connectivity index (χ0n) is 11.6. The highest BCUT2D eigenvalue weighted by Gasteiger charge is 2.37. The number of Topliss-reactive ketones (excluding diaryl/α,β-unsaturated/α-hetero) is 1. The molecule has 17 heavy (non-hydrogen) atoms. The standard InChI is InChI=1S/C13H24O3Si/c1-13(2,3)17(4,5)16-9-8-10-6-7-11(14)12(10)15/h15H,6-9H2,1-5H3. The number of allylic oxidation sites excluding steroid dienone is 1. The monoisotopic (exact) mass is 256 g/mol. The molecule has 0 aliphatic heterocycles. The molecule has 0 saturated heterocycles. The number of hydrogen-bond acceptors (Lipinski definition) is 3. The van der Waals surface area contributed by atoms with Gasteiger partial charge in [0, 0.05) is 13.0 Å². The summed E-state index contributed by atoms with van der Waals surface area (Å²) in [4.78, 5) is 11.2. The molecular weight excluding hydrogens is 232 g/mol. The van der Waals surface area contributed by atoms with E-state index in [1.165, 1.54) is 0 Å². The van der Waals surface area contributed by atoms with Crippen LogP contribution in [-0.4, -0.2) is 25.8 Å². The van der Waals surface area contributed by atoms with E-state index in [0.29, 0.717) is 25.9 Å². The molecule has 1 N–H and O–H groups in total. The fraction of sp³-hybridized carbons (Fsp3) is 0.769. The fourth-order valence-corrected chi connectivity index (χ4v) is 2.63. The van der Waals surface area contributed by atoms with Crippen molar-refractivity contribution in [2.45, 2.75) is 58.2 Å². The largest absolute Gasteiger partial charge is 0.504 e. The Labute approximate surface area is 105 Å². The summed E-state index contributed by atoms with van der Waals surface area (Å²) in [5.41, 5.74) is 0.869. The molecule has 1 aliphatic rings. The minimum absolute atomic E-state index is 0.0103. The summed E-state index contributed by atoms with van der Waals surface area (Å²) in [5, 5.41) is 9.74. The van der Waals surface area contributed by atoms with Crippen molar-refractivity contribution in [3.8, 4) is 0 Å². The highest BCUT2D eigenvalue weighted by atomic mass is 28.4. The lowest BCUT2D eigenvalue weighted by Gasteiger charge is -2.36. The molecule has 3 nitrogen and oxygen atoms in total. The normalized spacial score (nSPS) is 18.1. The molecule has 0 fully saturated rings. The number of hydrogen-bond donors (Lipinski definition) is 1. The Morgan fingerprint density at radius 3 is 2.29 bits per heavy atom. The van der Waals surface area contributed by atoms with Gasteiger partial charge in [-0.1, -0.05) is 20.8 Å². The van der Waals surface area contributed by atoms with E-state index < -0.39 is 8.32 Å². The zero-order valence-corrected chi connectivity index (χ0v) is 12.6. The van der Waals surface area contributed by atoms with E-state index in [1.54, 1.807) is 0 Å². The first-order valence-electron chi connectivity index (χ1n) is 6.23. The van der Waals surface area contributed by atoms with E-state index >= 15 is 0 Å². The van der Waals surface area contributed by atoms with Gasteiger partial charge in [-0.3, -0.25) is 4.79 Å². The molecule has 0 radical (unpaired) electrons. The van der Waals surface area contributed by atoms with E-state index in [2.05, 4.69) is 33.9 Å². The molecular formula is C13H24O3Si. The summed E-state index contributed by atoms with van der Waals surface area (Å²) in [5.74, 6) is -0.129. The second kappa shape index (κ2) is 4.94. The molecule has 0 aromatic rings. The summed E-state index contributed by atoms with van der Waals surface area (Å²) < 4.78 is 6.02. The number of aliphatic hydroxyl groups is 1. The van der Waals surface area contributed by atoms with Crippen LogP contribution in [-0.2, 0) is 9.22 Å². The number of aliphatic hydroxyl groups excluding tert-OH is 1. The second-order valence-electron chi connectivity index (χ2n) is 6.23. The van der Waals surface area contributed by atoms with Crippen molar-refractivity contribution in [2.75, 3.05) is 6.61 Å². The van der Waals surface area contributed by atoms with Crippen molar-refractivity contribution >= 4 is 14.1 Å². The van der Waals surface area contributed by atoms with E-state index in [-0.39, 0.29) is 16.6 Å². The quantitative estimate of drug-likeness (QED) is 0.782. The molecule has 1 rings (SSSR count). The van der Waals surface area contributed by atoms with Crippen LogP contribution in [0.15, 0.2) is 11.3 Å². The Kier molecular flexibility index (Phi) is 4.20. The molecule has 0 unspecified atom stereocenters. The van der Waals surface area contributed by atoms with Gasteiger partial charge in [0.25, 0.3) is 0 Å². The van der Waals surface area contributed by atoms with Crippen molar-refractivity contribution in [1.82, 2.24) is 0 Å². The van der Waals surface area contributed by atoms with Crippen molar-refractivity contribution < 1.29 is 14.3 Å². The Morgan fingerprint density at radius 1 is 1.29 bits per heavy atom. The van der Waals surface area contributed by atoms with Crippen molar-refractivity contribution in [3.63, 3.8) is 0 Å². The molecule has 4 heteroatoms. The number of ketones is 1. The Morgan fingerprint density at radius 2 is 1.88 bits per heavy atom. The molecule has 0 amide bonds. The molecule has 0 bridgehead atoms. The minimum atomic E-state index is -1.71. The second-order valence-corrected chi connectivity index (χ2v) is 11.0. The summed E-state index contributed by atoms with van der Waals surface area (Å²) in [6.07, 6.45) is 1.84. The van der Waals surface area contributed by atoms with Gasteiger partial charge in [0.1, 0.15) is 0 Å². The highest BCUT2D eigenvalue weighted by molar-refractivity contribution is 6.74. The van der Waals surface area contributed by atoms with Crippen molar-refractivity contribution in [3.05, 3.63) is 11.3 Å². The first-order chi connectivity index (χ1) is 7.65. The van der Waals surface area contributed by atoms with Gasteiger partial charge >= 0.3 is 0 Å². The predicted octanol–water partition coefficient (Wildman–Crippen LogP) is 3.57. The average Bonchev–Trinajstić information content (AvgIpc) is 2.47. The molecule has 98 valence electrons. The minimum Gasteiger partial charge on any atom is -0.504 e. The Bertz CT molecular complexity index is 337. The number of carbonyl (C=O) groups excluding carboxylic acids is 1. The van der Waals surface area contributed by atoms with Gasteiger partial charge in [-0.15, -0.1) is 0 Å². The smallest absolute Gasteiger partial charge is 0.197 e. The summed E-state index contributed by atoms with van der Waals surface area (Å²) in [6, 6.07) is 0. The van der Waals surface area contributed by atoms with Crippen molar-refractivity contribution in [2.24, 2.45) is 0 Å². The van der Waals surface area contributed by atoms with Crippen molar-refractivity contribution in [1.29, 1.82) is 0 Å². The maximum Gasteiger partial charge on any atom is 0.197 e. The van der Waals surface area contributed by atoms with Gasteiger partial charge in [-0.25, -0.2) is 0 Å². The van der Waals surface area contributed by atoms with Crippen LogP contribution in [0.5, 0.6) is 0 Å². The van der Waals surface area contributed by atoms with Crippen LogP contribution in [0, 0.1) is 0 Å². The molecule has 0 spiro atoms. The molecule has 0 aromatic heterocycles. The van der Waals surface area contributed by atoms with Crippen LogP contribution in [0.25, 0.3) is 0 Å². The predicted molar refractivity (Wildman–Crippen MR) is 71.7 cm³/mol. The third-order valence-corrected chi connectivity index (χ3v) is 8.46. The zero-order chi connectivity index (χ0) is 13.3. The molecule has 0 atom stereocenters. The molecule has 0 saturated carbocycles. The number of rotatable bonds is 4.